The minimum absolute atomic E-state index is 0.0504. The second-order valence-corrected chi connectivity index (χ2v) is 3.96. The van der Waals surface area contributed by atoms with Crippen LogP contribution in [0.5, 0.6) is 17.2 Å². The minimum Gasteiger partial charge on any atom is -0.507 e. The van der Waals surface area contributed by atoms with E-state index >= 15 is 0 Å². The van der Waals surface area contributed by atoms with Gasteiger partial charge in [0, 0.05) is 11.1 Å². The number of ether oxygens (including phenoxy) is 1. The second-order valence-electron chi connectivity index (χ2n) is 3.96. The number of phenolic OH excluding ortho intramolecular Hbond substituents is 2. The van der Waals surface area contributed by atoms with Crippen molar-refractivity contribution in [1.82, 2.24) is 0 Å². The third-order valence-electron chi connectivity index (χ3n) is 2.84. The van der Waals surface area contributed by atoms with E-state index < -0.39 is 5.97 Å². The van der Waals surface area contributed by atoms with Gasteiger partial charge in [0.1, 0.15) is 5.75 Å². The van der Waals surface area contributed by atoms with Gasteiger partial charge in [0.25, 0.3) is 0 Å². The second kappa shape index (κ2) is 5.50. The number of methoxy groups -OCH3 is 1. The molecule has 0 radical (unpaired) electrons. The van der Waals surface area contributed by atoms with Gasteiger partial charge in [-0.1, -0.05) is 18.2 Å². The molecule has 2 aromatic rings. The first kappa shape index (κ1) is 13.7. The minimum atomic E-state index is -0.804. The Hall–Kier alpha value is -2.73. The van der Waals surface area contributed by atoms with E-state index in [1.54, 1.807) is 18.2 Å². The van der Waals surface area contributed by atoms with Crippen LogP contribution in [0, 0.1) is 0 Å². The van der Waals surface area contributed by atoms with Crippen molar-refractivity contribution in [3.8, 4) is 28.4 Å². The van der Waals surface area contributed by atoms with Crippen LogP contribution in [-0.2, 0) is 4.84 Å². The van der Waals surface area contributed by atoms with Crippen molar-refractivity contribution in [1.29, 1.82) is 0 Å². The van der Waals surface area contributed by atoms with E-state index in [-0.39, 0.29) is 28.4 Å². The molecule has 0 amide bonds. The largest absolute Gasteiger partial charge is 0.507 e. The Morgan fingerprint density at radius 1 is 1.10 bits per heavy atom. The molecule has 2 aromatic carbocycles. The van der Waals surface area contributed by atoms with Crippen molar-refractivity contribution in [2.24, 2.45) is 5.90 Å². The maximum absolute atomic E-state index is 11.7. The van der Waals surface area contributed by atoms with Crippen LogP contribution in [0.3, 0.4) is 0 Å². The van der Waals surface area contributed by atoms with Gasteiger partial charge in [-0.3, -0.25) is 0 Å². The fourth-order valence-electron chi connectivity index (χ4n) is 1.96. The third-order valence-corrected chi connectivity index (χ3v) is 2.84. The lowest BCUT2D eigenvalue weighted by atomic mass is 9.97. The molecule has 6 nitrogen and oxygen atoms in total. The summed E-state index contributed by atoms with van der Waals surface area (Å²) in [6.07, 6.45) is 0. The predicted octanol–water partition coefficient (Wildman–Crippen LogP) is 1.80. The lowest BCUT2D eigenvalue weighted by Crippen LogP contribution is -2.12. The molecule has 0 spiro atoms. The molecule has 0 fully saturated rings. The van der Waals surface area contributed by atoms with E-state index in [4.69, 9.17) is 10.6 Å². The first-order valence-electron chi connectivity index (χ1n) is 5.69. The fourth-order valence-corrected chi connectivity index (χ4v) is 1.96. The number of hydrogen-bond acceptors (Lipinski definition) is 6. The summed E-state index contributed by atoms with van der Waals surface area (Å²) in [6.45, 7) is 0. The van der Waals surface area contributed by atoms with Crippen LogP contribution < -0.4 is 10.6 Å². The molecule has 104 valence electrons. The number of phenols is 2. The number of hydrogen-bond donors (Lipinski definition) is 3. The maximum Gasteiger partial charge on any atom is 0.357 e. The molecule has 0 aromatic heterocycles. The van der Waals surface area contributed by atoms with Gasteiger partial charge in [-0.05, 0) is 18.2 Å². The van der Waals surface area contributed by atoms with Crippen LogP contribution in [-0.4, -0.2) is 23.3 Å². The Labute approximate surface area is 114 Å². The zero-order valence-corrected chi connectivity index (χ0v) is 10.7. The summed E-state index contributed by atoms with van der Waals surface area (Å²) in [4.78, 5) is 16.0. The molecule has 0 bridgehead atoms. The van der Waals surface area contributed by atoms with Crippen LogP contribution in [0.1, 0.15) is 10.4 Å². The van der Waals surface area contributed by atoms with Gasteiger partial charge in [0.15, 0.2) is 11.5 Å². The van der Waals surface area contributed by atoms with E-state index in [0.717, 1.165) is 0 Å². The Balaban J connectivity index is 2.80. The van der Waals surface area contributed by atoms with E-state index in [1.807, 2.05) is 0 Å². The van der Waals surface area contributed by atoms with Crippen molar-refractivity contribution < 1.29 is 24.6 Å². The third kappa shape index (κ3) is 2.24. The number of aromatic hydroxyl groups is 2. The number of benzene rings is 2. The molecule has 2 rings (SSSR count). The molecule has 0 atom stereocenters. The molecular formula is C14H13NO5. The summed E-state index contributed by atoms with van der Waals surface area (Å²) in [6, 6.07) is 8.98. The highest BCUT2D eigenvalue weighted by Gasteiger charge is 2.22. The number of para-hydroxylation sites is 1. The van der Waals surface area contributed by atoms with Crippen LogP contribution in [0.4, 0.5) is 0 Å². The average Bonchev–Trinajstić information content (AvgIpc) is 2.46. The summed E-state index contributed by atoms with van der Waals surface area (Å²) in [5.74, 6) is 3.92. The number of nitrogens with two attached hydrogens (primary N) is 1. The van der Waals surface area contributed by atoms with E-state index in [2.05, 4.69) is 4.84 Å². The monoisotopic (exact) mass is 275 g/mol. The Kier molecular flexibility index (Phi) is 3.76. The molecule has 0 saturated heterocycles. The first-order chi connectivity index (χ1) is 9.60. The Bertz CT molecular complexity index is 654. The zero-order valence-electron chi connectivity index (χ0n) is 10.7. The van der Waals surface area contributed by atoms with E-state index in [1.165, 1.54) is 25.3 Å². The van der Waals surface area contributed by atoms with Crippen molar-refractivity contribution in [3.63, 3.8) is 0 Å². The van der Waals surface area contributed by atoms with Crippen molar-refractivity contribution >= 4 is 5.97 Å². The summed E-state index contributed by atoms with van der Waals surface area (Å²) in [5, 5.41) is 19.8. The van der Waals surface area contributed by atoms with Gasteiger partial charge in [0.2, 0.25) is 0 Å². The maximum atomic E-state index is 11.7. The number of rotatable bonds is 3. The summed E-state index contributed by atoms with van der Waals surface area (Å²) in [7, 11) is 1.34. The lowest BCUT2D eigenvalue weighted by Gasteiger charge is -2.15. The van der Waals surface area contributed by atoms with Gasteiger partial charge in [0.05, 0.1) is 12.7 Å². The molecule has 0 aliphatic heterocycles. The van der Waals surface area contributed by atoms with Gasteiger partial charge in [-0.2, -0.15) is 5.90 Å². The first-order valence-corrected chi connectivity index (χ1v) is 5.69. The molecule has 20 heavy (non-hydrogen) atoms. The topological polar surface area (TPSA) is 102 Å². The number of carbonyl (C=O) groups is 1. The van der Waals surface area contributed by atoms with Crippen LogP contribution in [0.25, 0.3) is 11.1 Å². The fraction of sp³-hybridized carbons (Fsp3) is 0.0714. The molecular weight excluding hydrogens is 262 g/mol. The zero-order chi connectivity index (χ0) is 14.7. The summed E-state index contributed by atoms with van der Waals surface area (Å²) in [5.41, 5.74) is 0.602. The van der Waals surface area contributed by atoms with Crippen molar-refractivity contribution in [2.75, 3.05) is 7.11 Å². The Morgan fingerprint density at radius 2 is 1.80 bits per heavy atom. The smallest absolute Gasteiger partial charge is 0.357 e. The summed E-state index contributed by atoms with van der Waals surface area (Å²) < 4.78 is 5.11. The predicted molar refractivity (Wildman–Crippen MR) is 71.4 cm³/mol. The van der Waals surface area contributed by atoms with E-state index in [0.29, 0.717) is 5.56 Å². The normalized spacial score (nSPS) is 10.1. The van der Waals surface area contributed by atoms with Gasteiger partial charge in [-0.15, -0.1) is 0 Å². The molecule has 0 unspecified atom stereocenters. The highest BCUT2D eigenvalue weighted by atomic mass is 16.7. The van der Waals surface area contributed by atoms with Crippen LogP contribution in [0.2, 0.25) is 0 Å². The molecule has 6 heteroatoms. The van der Waals surface area contributed by atoms with Crippen molar-refractivity contribution in [3.05, 3.63) is 42.0 Å². The van der Waals surface area contributed by atoms with Gasteiger partial charge >= 0.3 is 5.97 Å². The summed E-state index contributed by atoms with van der Waals surface area (Å²) >= 11 is 0. The lowest BCUT2D eigenvalue weighted by molar-refractivity contribution is 0.0504. The number of carbonyl (C=O) groups excluding carboxylic acids is 1. The quantitative estimate of drug-likeness (QED) is 0.738. The molecule has 0 heterocycles. The van der Waals surface area contributed by atoms with E-state index in [9.17, 15) is 15.0 Å². The molecule has 0 aliphatic rings. The average molecular weight is 275 g/mol. The highest BCUT2D eigenvalue weighted by molar-refractivity contribution is 6.00. The molecule has 0 aliphatic carbocycles. The van der Waals surface area contributed by atoms with Gasteiger partial charge < -0.3 is 19.8 Å². The van der Waals surface area contributed by atoms with Crippen molar-refractivity contribution in [2.45, 2.75) is 0 Å². The molecule has 0 saturated carbocycles. The van der Waals surface area contributed by atoms with Gasteiger partial charge in [-0.25, -0.2) is 4.79 Å². The standard InChI is InChI=1S/C14H13NO5/c1-19-13-11(17)7-6-9(14(18)20-15)12(13)8-4-2-3-5-10(8)16/h2-7,16-17H,15H2,1H3. The Morgan fingerprint density at radius 3 is 2.40 bits per heavy atom. The highest BCUT2D eigenvalue weighted by Crippen LogP contribution is 2.43. The van der Waals surface area contributed by atoms with Crippen LogP contribution >= 0.6 is 0 Å². The van der Waals surface area contributed by atoms with Crippen LogP contribution in [0.15, 0.2) is 36.4 Å². The SMILES string of the molecule is COc1c(O)ccc(C(=O)ON)c1-c1ccccc1O. The molecule has 4 N–H and O–H groups in total.